The van der Waals surface area contributed by atoms with Gasteiger partial charge in [0.25, 0.3) is 0 Å². The first-order valence-corrected chi connectivity index (χ1v) is 12.1. The Morgan fingerprint density at radius 3 is 1.86 bits per heavy atom. The van der Waals surface area contributed by atoms with Crippen LogP contribution in [-0.4, -0.2) is 58.9 Å². The first kappa shape index (κ1) is 30.6. The van der Waals surface area contributed by atoms with E-state index in [-0.39, 0.29) is 24.7 Å². The first-order chi connectivity index (χ1) is 16.9. The van der Waals surface area contributed by atoms with Gasteiger partial charge in [-0.15, -0.1) is 0 Å². The number of carbonyl (C=O) groups excluding carboxylic acids is 4. The third-order valence-electron chi connectivity index (χ3n) is 6.24. The molecule has 0 aliphatic carbocycles. The van der Waals surface area contributed by atoms with Gasteiger partial charge >= 0.3 is 5.97 Å². The lowest BCUT2D eigenvalue weighted by Gasteiger charge is -2.28. The number of hydrogen-bond donors (Lipinski definition) is 6. The fourth-order valence-electron chi connectivity index (χ4n) is 3.53. The number of rotatable bonds is 15. The van der Waals surface area contributed by atoms with Crippen molar-refractivity contribution < 1.29 is 29.1 Å². The number of carbonyl (C=O) groups is 5. The zero-order chi connectivity index (χ0) is 27.4. The summed E-state index contributed by atoms with van der Waals surface area (Å²) in [5, 5.41) is 17.4. The zero-order valence-corrected chi connectivity index (χ0v) is 21.3. The first-order valence-electron chi connectivity index (χ1n) is 12.1. The van der Waals surface area contributed by atoms with Crippen molar-refractivity contribution in [1.82, 2.24) is 16.0 Å². The second kappa shape index (κ2) is 14.8. The molecule has 0 radical (unpaired) electrons. The lowest BCUT2D eigenvalue weighted by atomic mass is 9.96. The van der Waals surface area contributed by atoms with Crippen LogP contribution in [0.4, 0.5) is 0 Å². The Bertz CT molecular complexity index is 909. The topological polar surface area (TPSA) is 194 Å². The Labute approximate surface area is 211 Å². The molecule has 8 N–H and O–H groups in total. The van der Waals surface area contributed by atoms with E-state index < -0.39 is 53.8 Å². The third kappa shape index (κ3) is 9.65. The highest BCUT2D eigenvalue weighted by Gasteiger charge is 2.33. The molecule has 0 heterocycles. The molecule has 1 rings (SSSR count). The van der Waals surface area contributed by atoms with Gasteiger partial charge in [0.2, 0.25) is 23.6 Å². The van der Waals surface area contributed by atoms with Gasteiger partial charge in [0.05, 0.1) is 12.5 Å². The number of amides is 4. The van der Waals surface area contributed by atoms with E-state index in [2.05, 4.69) is 16.0 Å². The molecule has 0 aliphatic heterocycles. The Morgan fingerprint density at radius 2 is 1.36 bits per heavy atom. The number of carboxylic acid groups (broad SMARTS) is 1. The van der Waals surface area contributed by atoms with Gasteiger partial charge in [0.1, 0.15) is 18.1 Å². The Morgan fingerprint density at radius 1 is 0.833 bits per heavy atom. The average molecular weight is 506 g/mol. The molecule has 0 bridgehead atoms. The predicted molar refractivity (Wildman–Crippen MR) is 134 cm³/mol. The normalized spacial score (nSPS) is 15.9. The summed E-state index contributed by atoms with van der Waals surface area (Å²) in [6.07, 6.45) is 0.772. The molecule has 11 heteroatoms. The van der Waals surface area contributed by atoms with Crippen molar-refractivity contribution >= 4 is 29.6 Å². The van der Waals surface area contributed by atoms with Crippen LogP contribution in [0.3, 0.4) is 0 Å². The van der Waals surface area contributed by atoms with E-state index in [0.29, 0.717) is 12.8 Å². The predicted octanol–water partition coefficient (Wildman–Crippen LogP) is 0.0630. The van der Waals surface area contributed by atoms with Gasteiger partial charge in [-0.2, -0.15) is 0 Å². The van der Waals surface area contributed by atoms with E-state index in [1.165, 1.54) is 0 Å². The summed E-state index contributed by atoms with van der Waals surface area (Å²) in [4.78, 5) is 61.8. The van der Waals surface area contributed by atoms with Crippen molar-refractivity contribution in [3.8, 4) is 0 Å². The third-order valence-corrected chi connectivity index (χ3v) is 6.24. The van der Waals surface area contributed by atoms with Crippen molar-refractivity contribution in [3.63, 3.8) is 0 Å². The molecule has 0 aromatic heterocycles. The van der Waals surface area contributed by atoms with Crippen LogP contribution in [0.1, 0.15) is 52.5 Å². The van der Waals surface area contributed by atoms with Crippen LogP contribution in [-0.2, 0) is 30.4 Å². The van der Waals surface area contributed by atoms with Crippen LogP contribution in [0, 0.1) is 11.8 Å². The minimum atomic E-state index is -1.22. The molecule has 1 aromatic carbocycles. The summed E-state index contributed by atoms with van der Waals surface area (Å²) < 4.78 is 0. The number of hydrogen-bond acceptors (Lipinski definition) is 6. The van der Waals surface area contributed by atoms with Crippen LogP contribution >= 0.6 is 0 Å². The summed E-state index contributed by atoms with van der Waals surface area (Å²) in [6, 6.07) is 4.45. The molecule has 0 fully saturated rings. The van der Waals surface area contributed by atoms with Crippen LogP contribution < -0.4 is 27.4 Å². The zero-order valence-electron chi connectivity index (χ0n) is 21.3. The fraction of sp³-hybridized carbons (Fsp3) is 0.560. The standard InChI is InChI=1S/C25H39N5O6/c1-5-14(3)20(29-22(32)17(26)13-19(27)31)24(34)28-18(12-16-10-8-7-9-11-16)23(33)30-21(25(35)36)15(4)6-2/h7-11,14-15,17-18,20-21H,5-6,12-13,26H2,1-4H3,(H2,27,31)(H,28,34)(H,29,32)(H,30,33)(H,35,36). The highest BCUT2D eigenvalue weighted by molar-refractivity contribution is 5.95. The van der Waals surface area contributed by atoms with Gasteiger partial charge in [-0.1, -0.05) is 70.9 Å². The Balaban J connectivity index is 3.17. The molecular weight excluding hydrogens is 466 g/mol. The van der Waals surface area contributed by atoms with Gasteiger partial charge in [0.15, 0.2) is 0 Å². The van der Waals surface area contributed by atoms with E-state index in [4.69, 9.17) is 11.5 Å². The van der Waals surface area contributed by atoms with Crippen LogP contribution in [0.2, 0.25) is 0 Å². The lowest BCUT2D eigenvalue weighted by molar-refractivity contribution is -0.143. The lowest BCUT2D eigenvalue weighted by Crippen LogP contribution is -2.59. The molecule has 0 spiro atoms. The van der Waals surface area contributed by atoms with Gasteiger partial charge in [-0.05, 0) is 17.4 Å². The number of nitrogens with one attached hydrogen (secondary N) is 3. The summed E-state index contributed by atoms with van der Waals surface area (Å²) in [5.74, 6) is -4.59. The van der Waals surface area contributed by atoms with Gasteiger partial charge in [-0.25, -0.2) is 4.79 Å². The highest BCUT2D eigenvalue weighted by atomic mass is 16.4. The molecule has 4 amide bonds. The summed E-state index contributed by atoms with van der Waals surface area (Å²) in [7, 11) is 0. The maximum atomic E-state index is 13.3. The number of nitrogens with two attached hydrogens (primary N) is 2. The Kier molecular flexibility index (Phi) is 12.6. The summed E-state index contributed by atoms with van der Waals surface area (Å²) >= 11 is 0. The van der Waals surface area contributed by atoms with Gasteiger partial charge in [-0.3, -0.25) is 19.2 Å². The Hall–Kier alpha value is -3.47. The molecule has 1 aromatic rings. The van der Waals surface area contributed by atoms with E-state index in [9.17, 15) is 29.1 Å². The molecule has 36 heavy (non-hydrogen) atoms. The van der Waals surface area contributed by atoms with Crippen LogP contribution in [0.15, 0.2) is 30.3 Å². The van der Waals surface area contributed by atoms with Crippen molar-refractivity contribution in [3.05, 3.63) is 35.9 Å². The molecule has 11 nitrogen and oxygen atoms in total. The maximum Gasteiger partial charge on any atom is 0.326 e. The quantitative estimate of drug-likeness (QED) is 0.194. The second-order valence-electron chi connectivity index (χ2n) is 9.11. The maximum absolute atomic E-state index is 13.3. The minimum absolute atomic E-state index is 0.105. The highest BCUT2D eigenvalue weighted by Crippen LogP contribution is 2.12. The second-order valence-corrected chi connectivity index (χ2v) is 9.11. The monoisotopic (exact) mass is 505 g/mol. The average Bonchev–Trinajstić information content (AvgIpc) is 2.83. The van der Waals surface area contributed by atoms with Crippen molar-refractivity contribution in [2.75, 3.05) is 0 Å². The van der Waals surface area contributed by atoms with E-state index >= 15 is 0 Å². The number of carboxylic acids is 1. The molecule has 6 unspecified atom stereocenters. The van der Waals surface area contributed by atoms with E-state index in [1.54, 1.807) is 38.1 Å². The smallest absolute Gasteiger partial charge is 0.326 e. The van der Waals surface area contributed by atoms with E-state index in [1.807, 2.05) is 19.9 Å². The van der Waals surface area contributed by atoms with Gasteiger partial charge < -0.3 is 32.5 Å². The van der Waals surface area contributed by atoms with Crippen molar-refractivity contribution in [1.29, 1.82) is 0 Å². The minimum Gasteiger partial charge on any atom is -0.480 e. The largest absolute Gasteiger partial charge is 0.480 e. The number of benzene rings is 1. The number of primary amides is 1. The molecule has 0 saturated carbocycles. The molecule has 200 valence electrons. The molecule has 6 atom stereocenters. The summed E-state index contributed by atoms with van der Waals surface area (Å²) in [6.45, 7) is 7.12. The summed E-state index contributed by atoms with van der Waals surface area (Å²) in [5.41, 5.74) is 11.6. The van der Waals surface area contributed by atoms with Crippen LogP contribution in [0.5, 0.6) is 0 Å². The van der Waals surface area contributed by atoms with Gasteiger partial charge in [0, 0.05) is 6.42 Å². The number of aliphatic carboxylic acids is 1. The SMILES string of the molecule is CCC(C)C(NC(=O)C(Cc1ccccc1)NC(=O)C(NC(=O)C(N)CC(N)=O)C(C)CC)C(=O)O. The molecular formula is C25H39N5O6. The van der Waals surface area contributed by atoms with Crippen molar-refractivity contribution in [2.24, 2.45) is 23.3 Å². The fourth-order valence-corrected chi connectivity index (χ4v) is 3.53. The molecule has 0 saturated heterocycles. The van der Waals surface area contributed by atoms with Crippen LogP contribution in [0.25, 0.3) is 0 Å². The molecule has 0 aliphatic rings. The van der Waals surface area contributed by atoms with Crippen molar-refractivity contribution in [2.45, 2.75) is 77.5 Å². The van der Waals surface area contributed by atoms with E-state index in [0.717, 1.165) is 5.56 Å².